The Morgan fingerprint density at radius 1 is 1.18 bits per heavy atom. The zero-order chi connectivity index (χ0) is 24.0. The number of halogens is 4. The average Bonchev–Trinajstić information content (AvgIpc) is 3.22. The Balaban J connectivity index is 1.82. The molecule has 0 aliphatic rings. The lowest BCUT2D eigenvalue weighted by Gasteiger charge is -2.13. The molecule has 0 aliphatic heterocycles. The largest absolute Gasteiger partial charge is 0.380 e. The smallest absolute Gasteiger partial charge is 0.258 e. The predicted octanol–water partition coefficient (Wildman–Crippen LogP) is 4.77. The van der Waals surface area contributed by atoms with Crippen LogP contribution >= 0.6 is 11.6 Å². The fraction of sp³-hybridized carbons (Fsp3) is 0.227. The first-order valence-corrected chi connectivity index (χ1v) is 10.3. The molecule has 174 valence electrons. The van der Waals surface area contributed by atoms with Gasteiger partial charge in [-0.3, -0.25) is 15.2 Å². The van der Waals surface area contributed by atoms with Gasteiger partial charge >= 0.3 is 0 Å². The number of nitrogens with one attached hydrogen (secondary N) is 3. The first-order chi connectivity index (χ1) is 15.7. The van der Waals surface area contributed by atoms with Crippen LogP contribution < -0.4 is 10.6 Å². The van der Waals surface area contributed by atoms with Gasteiger partial charge in [-0.25, -0.2) is 18.2 Å². The molecule has 2 aromatic carbocycles. The van der Waals surface area contributed by atoms with E-state index in [-0.39, 0.29) is 35.0 Å². The highest BCUT2D eigenvalue weighted by Crippen LogP contribution is 2.24. The number of rotatable bonds is 7. The SMILES string of the molecule is CCOCC(C)N=C(NC(=O)c1ccc(F)c(F)c1)Nc1cc(-c2cc(F)cc(Cl)c2)[nH]n1. The van der Waals surface area contributed by atoms with Crippen molar-refractivity contribution in [3.63, 3.8) is 0 Å². The van der Waals surface area contributed by atoms with E-state index in [1.54, 1.807) is 19.1 Å². The van der Waals surface area contributed by atoms with Crippen molar-refractivity contribution in [1.82, 2.24) is 15.5 Å². The highest BCUT2D eigenvalue weighted by Gasteiger charge is 2.15. The van der Waals surface area contributed by atoms with Gasteiger partial charge in [-0.15, -0.1) is 0 Å². The van der Waals surface area contributed by atoms with Crippen molar-refractivity contribution in [1.29, 1.82) is 0 Å². The van der Waals surface area contributed by atoms with E-state index in [2.05, 4.69) is 25.8 Å². The maximum atomic E-state index is 13.7. The molecule has 3 N–H and O–H groups in total. The van der Waals surface area contributed by atoms with E-state index in [0.29, 0.717) is 17.9 Å². The van der Waals surface area contributed by atoms with Crippen molar-refractivity contribution in [2.24, 2.45) is 4.99 Å². The Bertz CT molecular complexity index is 1150. The van der Waals surface area contributed by atoms with E-state index in [0.717, 1.165) is 18.2 Å². The fourth-order valence-electron chi connectivity index (χ4n) is 2.82. The fourth-order valence-corrected chi connectivity index (χ4v) is 3.05. The van der Waals surface area contributed by atoms with Gasteiger partial charge in [0.25, 0.3) is 5.91 Å². The summed E-state index contributed by atoms with van der Waals surface area (Å²) in [4.78, 5) is 16.9. The Hall–Kier alpha value is -3.37. The first-order valence-electron chi connectivity index (χ1n) is 9.96. The van der Waals surface area contributed by atoms with Crippen molar-refractivity contribution in [2.75, 3.05) is 18.5 Å². The zero-order valence-corrected chi connectivity index (χ0v) is 18.5. The normalized spacial score (nSPS) is 12.5. The third kappa shape index (κ3) is 6.80. The standard InChI is InChI=1S/C22H21ClF3N5O2/c1-3-33-11-12(2)27-22(29-21(32)13-4-5-17(25)18(26)8-13)28-20-10-19(30-31-20)14-6-15(23)9-16(24)7-14/h4-10,12H,3,11H2,1-2H3,(H3,27,28,29,30,31,32). The quantitative estimate of drug-likeness (QED) is 0.336. The number of carbonyl (C=O) groups is 1. The van der Waals surface area contributed by atoms with Crippen LogP contribution in [0.4, 0.5) is 19.0 Å². The van der Waals surface area contributed by atoms with E-state index in [1.807, 2.05) is 6.92 Å². The molecule has 0 fully saturated rings. The molecule has 11 heteroatoms. The molecule has 1 atom stereocenters. The molecule has 1 amide bonds. The molecule has 0 radical (unpaired) electrons. The lowest BCUT2D eigenvalue weighted by molar-refractivity contribution is 0.0975. The van der Waals surface area contributed by atoms with Crippen molar-refractivity contribution in [3.8, 4) is 11.3 Å². The number of aliphatic imine (C=N–C) groups is 1. The maximum absolute atomic E-state index is 13.7. The number of aromatic nitrogens is 2. The second-order valence-corrected chi connectivity index (χ2v) is 7.46. The Kier molecular flexibility index (Phi) is 8.07. The van der Waals surface area contributed by atoms with Crippen LogP contribution in [-0.4, -0.2) is 41.3 Å². The van der Waals surface area contributed by atoms with Crippen molar-refractivity contribution in [2.45, 2.75) is 19.9 Å². The Morgan fingerprint density at radius 3 is 2.67 bits per heavy atom. The summed E-state index contributed by atoms with van der Waals surface area (Å²) in [6.07, 6.45) is 0. The minimum atomic E-state index is -1.15. The predicted molar refractivity (Wildman–Crippen MR) is 120 cm³/mol. The number of hydrogen-bond acceptors (Lipinski definition) is 4. The number of ether oxygens (including phenoxy) is 1. The van der Waals surface area contributed by atoms with Gasteiger partial charge in [0, 0.05) is 28.8 Å². The van der Waals surface area contributed by atoms with Crippen LogP contribution in [0.3, 0.4) is 0 Å². The molecule has 0 aliphatic carbocycles. The van der Waals surface area contributed by atoms with E-state index < -0.39 is 23.4 Å². The lowest BCUT2D eigenvalue weighted by atomic mass is 10.1. The van der Waals surface area contributed by atoms with Crippen LogP contribution in [0.2, 0.25) is 5.02 Å². The minimum Gasteiger partial charge on any atom is -0.380 e. The molecule has 3 aromatic rings. The summed E-state index contributed by atoms with van der Waals surface area (Å²) in [5, 5.41) is 12.4. The molecular formula is C22H21ClF3N5O2. The van der Waals surface area contributed by atoms with E-state index >= 15 is 0 Å². The van der Waals surface area contributed by atoms with Crippen LogP contribution in [0.25, 0.3) is 11.3 Å². The number of H-pyrrole nitrogens is 1. The molecule has 3 rings (SSSR count). The van der Waals surface area contributed by atoms with Crippen LogP contribution in [0, 0.1) is 17.5 Å². The van der Waals surface area contributed by atoms with Crippen LogP contribution in [0.5, 0.6) is 0 Å². The van der Waals surface area contributed by atoms with Crippen LogP contribution in [0.1, 0.15) is 24.2 Å². The average molecular weight is 480 g/mol. The summed E-state index contributed by atoms with van der Waals surface area (Å²) >= 11 is 5.91. The second-order valence-electron chi connectivity index (χ2n) is 7.02. The number of hydrogen-bond donors (Lipinski definition) is 3. The zero-order valence-electron chi connectivity index (χ0n) is 17.8. The number of benzene rings is 2. The molecular weight excluding hydrogens is 459 g/mol. The van der Waals surface area contributed by atoms with Gasteiger partial charge in [-0.1, -0.05) is 11.6 Å². The maximum Gasteiger partial charge on any atom is 0.258 e. The third-order valence-electron chi connectivity index (χ3n) is 4.32. The second kappa shape index (κ2) is 11.0. The van der Waals surface area contributed by atoms with Gasteiger partial charge in [0.2, 0.25) is 5.96 Å². The minimum absolute atomic E-state index is 0.00672. The number of nitrogens with zero attached hydrogens (tertiary/aromatic N) is 2. The molecule has 1 aromatic heterocycles. The Labute approximate surface area is 193 Å². The van der Waals surface area contributed by atoms with E-state index in [9.17, 15) is 18.0 Å². The summed E-state index contributed by atoms with van der Waals surface area (Å²) in [6.45, 7) is 4.38. The molecule has 0 bridgehead atoms. The lowest BCUT2D eigenvalue weighted by Crippen LogP contribution is -2.37. The monoisotopic (exact) mass is 479 g/mol. The summed E-state index contributed by atoms with van der Waals surface area (Å²) in [6, 6.07) is 8.03. The number of guanidine groups is 1. The van der Waals surface area contributed by atoms with Gasteiger partial charge in [0.1, 0.15) is 5.82 Å². The summed E-state index contributed by atoms with van der Waals surface area (Å²) in [5.41, 5.74) is 0.833. The van der Waals surface area contributed by atoms with Gasteiger partial charge in [0.05, 0.1) is 18.3 Å². The molecule has 33 heavy (non-hydrogen) atoms. The molecule has 7 nitrogen and oxygen atoms in total. The highest BCUT2D eigenvalue weighted by atomic mass is 35.5. The van der Waals surface area contributed by atoms with Crippen molar-refractivity contribution in [3.05, 3.63) is 70.5 Å². The van der Waals surface area contributed by atoms with E-state index in [1.165, 1.54) is 12.1 Å². The topological polar surface area (TPSA) is 91.4 Å². The van der Waals surface area contributed by atoms with Crippen molar-refractivity contribution >= 4 is 29.3 Å². The third-order valence-corrected chi connectivity index (χ3v) is 4.54. The number of aromatic amines is 1. The summed E-state index contributed by atoms with van der Waals surface area (Å²) in [5.74, 6) is -3.16. The number of carbonyl (C=O) groups excluding carboxylic acids is 1. The van der Waals surface area contributed by atoms with Gasteiger partial charge in [0.15, 0.2) is 17.5 Å². The molecule has 0 saturated carbocycles. The van der Waals surface area contributed by atoms with Crippen LogP contribution in [-0.2, 0) is 4.74 Å². The molecule has 1 heterocycles. The van der Waals surface area contributed by atoms with E-state index in [4.69, 9.17) is 16.3 Å². The van der Waals surface area contributed by atoms with Gasteiger partial charge in [-0.05, 0) is 50.2 Å². The summed E-state index contributed by atoms with van der Waals surface area (Å²) < 4.78 is 45.7. The first kappa shape index (κ1) is 24.3. The molecule has 0 spiro atoms. The van der Waals surface area contributed by atoms with Gasteiger partial charge in [-0.2, -0.15) is 5.10 Å². The molecule has 1 unspecified atom stereocenters. The van der Waals surface area contributed by atoms with Gasteiger partial charge < -0.3 is 10.1 Å². The number of anilines is 1. The summed E-state index contributed by atoms with van der Waals surface area (Å²) in [7, 11) is 0. The van der Waals surface area contributed by atoms with Crippen molar-refractivity contribution < 1.29 is 22.7 Å². The Morgan fingerprint density at radius 2 is 1.97 bits per heavy atom. The molecule has 0 saturated heterocycles. The number of amides is 1. The highest BCUT2D eigenvalue weighted by molar-refractivity contribution is 6.30. The van der Waals surface area contributed by atoms with Crippen LogP contribution in [0.15, 0.2) is 47.5 Å².